The van der Waals surface area contributed by atoms with E-state index in [-0.39, 0.29) is 24.6 Å². The fourth-order valence-corrected chi connectivity index (χ4v) is 1.97. The monoisotopic (exact) mass is 262 g/mol. The van der Waals surface area contributed by atoms with Gasteiger partial charge in [-0.1, -0.05) is 37.6 Å². The molecule has 0 N–H and O–H groups in total. The van der Waals surface area contributed by atoms with Crippen LogP contribution in [0.5, 0.6) is 0 Å². The summed E-state index contributed by atoms with van der Waals surface area (Å²) in [6, 6.07) is 8.10. The van der Waals surface area contributed by atoms with Crippen molar-refractivity contribution in [1.29, 1.82) is 0 Å². The number of rotatable bonds is 8. The van der Waals surface area contributed by atoms with Crippen molar-refractivity contribution >= 4 is 11.8 Å². The highest BCUT2D eigenvalue weighted by atomic mass is 16.5. The fourth-order valence-electron chi connectivity index (χ4n) is 1.97. The number of carbonyl (C=O) groups excluding carboxylic acids is 2. The number of esters is 1. The summed E-state index contributed by atoms with van der Waals surface area (Å²) in [4.78, 5) is 22.9. The molecule has 0 aliphatic carbocycles. The average molecular weight is 262 g/mol. The molecule has 0 saturated carbocycles. The van der Waals surface area contributed by atoms with Crippen LogP contribution >= 0.6 is 0 Å². The second-order valence-electron chi connectivity index (χ2n) is 4.59. The quantitative estimate of drug-likeness (QED) is 0.676. The van der Waals surface area contributed by atoms with Crippen LogP contribution in [0.25, 0.3) is 0 Å². The Labute approximate surface area is 115 Å². The van der Waals surface area contributed by atoms with E-state index in [2.05, 4.69) is 19.1 Å². The van der Waals surface area contributed by atoms with E-state index < -0.39 is 0 Å². The Morgan fingerprint density at radius 1 is 1.11 bits per heavy atom. The lowest BCUT2D eigenvalue weighted by molar-refractivity contribution is -0.144. The predicted molar refractivity (Wildman–Crippen MR) is 75.0 cm³/mol. The van der Waals surface area contributed by atoms with Crippen LogP contribution in [0.2, 0.25) is 0 Å². The highest BCUT2D eigenvalue weighted by Crippen LogP contribution is 2.10. The van der Waals surface area contributed by atoms with E-state index >= 15 is 0 Å². The number of hydrogen-bond acceptors (Lipinski definition) is 3. The average Bonchev–Trinajstić information content (AvgIpc) is 2.38. The normalized spacial score (nSPS) is 10.2. The predicted octanol–water partition coefficient (Wildman–Crippen LogP) is 3.09. The van der Waals surface area contributed by atoms with Gasteiger partial charge in [0, 0.05) is 12.8 Å². The molecule has 3 heteroatoms. The molecule has 0 aliphatic heterocycles. The largest absolute Gasteiger partial charge is 0.466 e. The van der Waals surface area contributed by atoms with Crippen molar-refractivity contribution in [3.05, 3.63) is 35.4 Å². The SMILES string of the molecule is CCCc1cccc(CC(=O)CCC(=O)OCC)c1. The van der Waals surface area contributed by atoms with Gasteiger partial charge in [-0.25, -0.2) is 0 Å². The zero-order valence-corrected chi connectivity index (χ0v) is 11.8. The Kier molecular flexibility index (Phi) is 6.86. The first-order valence-electron chi connectivity index (χ1n) is 6.90. The van der Waals surface area contributed by atoms with Crippen molar-refractivity contribution in [2.75, 3.05) is 6.61 Å². The molecular formula is C16H22O3. The zero-order valence-electron chi connectivity index (χ0n) is 11.8. The molecule has 0 unspecified atom stereocenters. The Morgan fingerprint density at radius 3 is 2.53 bits per heavy atom. The van der Waals surface area contributed by atoms with Gasteiger partial charge in [-0.2, -0.15) is 0 Å². The first-order valence-corrected chi connectivity index (χ1v) is 6.90. The van der Waals surface area contributed by atoms with E-state index in [1.54, 1.807) is 6.92 Å². The smallest absolute Gasteiger partial charge is 0.306 e. The molecule has 0 spiro atoms. The fraction of sp³-hybridized carbons (Fsp3) is 0.500. The van der Waals surface area contributed by atoms with Gasteiger partial charge in [0.05, 0.1) is 13.0 Å². The minimum Gasteiger partial charge on any atom is -0.466 e. The first kappa shape index (κ1) is 15.4. The second-order valence-corrected chi connectivity index (χ2v) is 4.59. The van der Waals surface area contributed by atoms with Gasteiger partial charge < -0.3 is 4.74 Å². The summed E-state index contributed by atoms with van der Waals surface area (Å²) in [6.45, 7) is 4.27. The Morgan fingerprint density at radius 2 is 1.84 bits per heavy atom. The van der Waals surface area contributed by atoms with Crippen LogP contribution in [0, 0.1) is 0 Å². The number of hydrogen-bond donors (Lipinski definition) is 0. The third-order valence-corrected chi connectivity index (χ3v) is 2.84. The molecule has 0 saturated heterocycles. The Balaban J connectivity index is 2.43. The zero-order chi connectivity index (χ0) is 14.1. The minimum absolute atomic E-state index is 0.0849. The minimum atomic E-state index is -0.296. The maximum Gasteiger partial charge on any atom is 0.306 e. The van der Waals surface area contributed by atoms with Crippen molar-refractivity contribution in [3.63, 3.8) is 0 Å². The number of ketones is 1. The van der Waals surface area contributed by atoms with Crippen LogP contribution in [0.4, 0.5) is 0 Å². The summed E-state index contributed by atoms with van der Waals surface area (Å²) in [5.41, 5.74) is 2.29. The van der Waals surface area contributed by atoms with Gasteiger partial charge in [0.1, 0.15) is 5.78 Å². The number of benzene rings is 1. The van der Waals surface area contributed by atoms with Crippen molar-refractivity contribution in [3.8, 4) is 0 Å². The summed E-state index contributed by atoms with van der Waals surface area (Å²) >= 11 is 0. The summed E-state index contributed by atoms with van der Waals surface area (Å²) in [5, 5.41) is 0. The van der Waals surface area contributed by atoms with Gasteiger partial charge >= 0.3 is 5.97 Å². The van der Waals surface area contributed by atoms with E-state index in [4.69, 9.17) is 4.74 Å². The highest BCUT2D eigenvalue weighted by molar-refractivity contribution is 5.84. The van der Waals surface area contributed by atoms with Crippen molar-refractivity contribution in [2.24, 2.45) is 0 Å². The molecule has 104 valence electrons. The van der Waals surface area contributed by atoms with Gasteiger partial charge in [0.2, 0.25) is 0 Å². The van der Waals surface area contributed by atoms with Crippen LogP contribution in [-0.2, 0) is 27.2 Å². The number of carbonyl (C=O) groups is 2. The van der Waals surface area contributed by atoms with E-state index in [1.165, 1.54) is 5.56 Å². The van der Waals surface area contributed by atoms with E-state index in [1.807, 2.05) is 12.1 Å². The van der Waals surface area contributed by atoms with Crippen LogP contribution in [0.15, 0.2) is 24.3 Å². The van der Waals surface area contributed by atoms with Crippen molar-refractivity contribution in [1.82, 2.24) is 0 Å². The van der Waals surface area contributed by atoms with Crippen molar-refractivity contribution in [2.45, 2.75) is 46.0 Å². The van der Waals surface area contributed by atoms with Crippen LogP contribution in [0.3, 0.4) is 0 Å². The van der Waals surface area contributed by atoms with Gasteiger partial charge in [0.25, 0.3) is 0 Å². The van der Waals surface area contributed by atoms with Gasteiger partial charge in [-0.05, 0) is 24.5 Å². The first-order chi connectivity index (χ1) is 9.15. The van der Waals surface area contributed by atoms with Gasteiger partial charge in [-0.15, -0.1) is 0 Å². The summed E-state index contributed by atoms with van der Waals surface area (Å²) in [5.74, 6) is -0.211. The molecule has 1 rings (SSSR count). The van der Waals surface area contributed by atoms with E-state index in [0.29, 0.717) is 13.0 Å². The molecule has 1 aromatic carbocycles. The molecule has 0 bridgehead atoms. The number of aryl methyl sites for hydroxylation is 1. The Bertz CT molecular complexity index is 424. The summed E-state index contributed by atoms with van der Waals surface area (Å²) in [7, 11) is 0. The lowest BCUT2D eigenvalue weighted by Gasteiger charge is -2.04. The molecule has 0 fully saturated rings. The van der Waals surface area contributed by atoms with E-state index in [0.717, 1.165) is 18.4 Å². The van der Waals surface area contributed by atoms with Crippen molar-refractivity contribution < 1.29 is 14.3 Å². The summed E-state index contributed by atoms with van der Waals surface area (Å²) in [6.07, 6.45) is 2.97. The molecule has 3 nitrogen and oxygen atoms in total. The van der Waals surface area contributed by atoms with Gasteiger partial charge in [-0.3, -0.25) is 9.59 Å². The number of ether oxygens (including phenoxy) is 1. The van der Waals surface area contributed by atoms with Gasteiger partial charge in [0.15, 0.2) is 0 Å². The standard InChI is InChI=1S/C16H22O3/c1-3-6-13-7-5-8-14(11-13)12-15(17)9-10-16(18)19-4-2/h5,7-8,11H,3-4,6,9-10,12H2,1-2H3. The molecule has 0 atom stereocenters. The molecule has 0 aromatic heterocycles. The molecule has 1 aromatic rings. The third-order valence-electron chi connectivity index (χ3n) is 2.84. The van der Waals surface area contributed by atoms with Crippen LogP contribution in [0.1, 0.15) is 44.2 Å². The molecular weight excluding hydrogens is 240 g/mol. The topological polar surface area (TPSA) is 43.4 Å². The van der Waals surface area contributed by atoms with E-state index in [9.17, 15) is 9.59 Å². The molecule has 19 heavy (non-hydrogen) atoms. The maximum atomic E-state index is 11.8. The molecule has 0 amide bonds. The lowest BCUT2D eigenvalue weighted by atomic mass is 10.0. The lowest BCUT2D eigenvalue weighted by Crippen LogP contribution is -2.09. The third kappa shape index (κ3) is 6.18. The van der Waals surface area contributed by atoms with Crippen LogP contribution in [-0.4, -0.2) is 18.4 Å². The molecule has 0 aliphatic rings. The number of Topliss-reactive ketones (excluding diaryl/α,β-unsaturated/α-hetero) is 1. The summed E-state index contributed by atoms with van der Waals surface area (Å²) < 4.78 is 4.80. The Hall–Kier alpha value is -1.64. The molecule has 0 heterocycles. The maximum absolute atomic E-state index is 11.8. The van der Waals surface area contributed by atoms with Crippen LogP contribution < -0.4 is 0 Å². The highest BCUT2D eigenvalue weighted by Gasteiger charge is 2.08. The molecule has 0 radical (unpaired) electrons. The second kappa shape index (κ2) is 8.46.